The summed E-state index contributed by atoms with van der Waals surface area (Å²) >= 11 is 2.81. The second-order valence-corrected chi connectivity index (χ2v) is 3.03. The quantitative estimate of drug-likeness (QED) is 0.596. The number of nitrogens with zero attached hydrogens (tertiary/aromatic N) is 1. The van der Waals surface area contributed by atoms with Crippen molar-refractivity contribution in [2.24, 2.45) is 7.05 Å². The van der Waals surface area contributed by atoms with Crippen molar-refractivity contribution >= 4 is 10.6 Å². The molecule has 0 saturated carbocycles. The second-order valence-electron chi connectivity index (χ2n) is 2.40. The molecule has 0 aliphatic rings. The van der Waals surface area contributed by atoms with Crippen molar-refractivity contribution in [2.45, 2.75) is 0 Å². The zero-order valence-corrected chi connectivity index (χ0v) is 13.0. The Labute approximate surface area is 137 Å². The van der Waals surface area contributed by atoms with E-state index in [1.165, 1.54) is 0 Å². The van der Waals surface area contributed by atoms with Gasteiger partial charge in [-0.3, -0.25) is 0 Å². The summed E-state index contributed by atoms with van der Waals surface area (Å²) < 4.78 is 45.3. The first kappa shape index (κ1) is 32.1. The number of rotatable bonds is 3. The van der Waals surface area contributed by atoms with Crippen LogP contribution in [-0.2, 0) is 50.9 Å². The topological polar surface area (TPSA) is 114 Å². The fourth-order valence-corrected chi connectivity index (χ4v) is 0.975. The number of hydrogen-bond acceptors (Lipinski definition) is 1. The van der Waals surface area contributed by atoms with Crippen molar-refractivity contribution in [1.29, 1.82) is 0 Å². The summed E-state index contributed by atoms with van der Waals surface area (Å²) in [5.74, 6) is 0. The summed E-state index contributed by atoms with van der Waals surface area (Å²) in [7, 11) is 3.65. The molecule has 1 aromatic heterocycles. The van der Waals surface area contributed by atoms with Gasteiger partial charge in [-0.05, 0) is 0 Å². The molecule has 22 heavy (non-hydrogen) atoms. The van der Waals surface area contributed by atoms with Crippen molar-refractivity contribution in [3.63, 3.8) is 0 Å². The first-order valence-corrected chi connectivity index (χ1v) is 5.27. The molecule has 0 atom stereocenters. The van der Waals surface area contributed by atoms with E-state index in [1.54, 1.807) is 7.11 Å². The summed E-state index contributed by atoms with van der Waals surface area (Å²) in [4.78, 5) is 0. The average molecular weight is 341 g/mol. The molecule has 1 rings (SSSR count). The van der Waals surface area contributed by atoms with Gasteiger partial charge in [-0.15, -0.1) is 0 Å². The normalized spacial score (nSPS) is 6.36. The van der Waals surface area contributed by atoms with Crippen LogP contribution in [0.3, 0.4) is 0 Å². The molecular formula is C14H11CrNO6. The van der Waals surface area contributed by atoms with E-state index < -0.39 is 0 Å². The number of methoxy groups -OCH3 is 1. The van der Waals surface area contributed by atoms with Crippen LogP contribution in [0.4, 0.5) is 0 Å². The molecule has 0 aliphatic heterocycles. The molecule has 0 radical (unpaired) electrons. The summed E-state index contributed by atoms with van der Waals surface area (Å²) in [5, 5.41) is 0. The molecule has 8 heteroatoms. The molecule has 0 unspecified atom stereocenters. The van der Waals surface area contributed by atoms with Gasteiger partial charge in [0.15, 0.2) is 0 Å². The molecular weight excluding hydrogens is 330 g/mol. The summed E-state index contributed by atoms with van der Waals surface area (Å²) in [5.41, 5.74) is 1.15. The van der Waals surface area contributed by atoms with Gasteiger partial charge in [0.2, 0.25) is 0 Å². The Morgan fingerprint density at radius 2 is 1.45 bits per heavy atom. The molecule has 0 bridgehead atoms. The Morgan fingerprint density at radius 3 is 1.73 bits per heavy atom. The standard InChI is InChI=1S/C9H11NO.5CO.Cr/c1-10-7-3-5-9(10)6-4-8-11-2;5*1-2;/h3-7H,1-2H3;;;;;;/b6-4+;;;;;;. The third-order valence-corrected chi connectivity index (χ3v) is 2.05. The summed E-state index contributed by atoms with van der Waals surface area (Å²) in [6, 6.07) is 4.05. The third-order valence-electron chi connectivity index (χ3n) is 1.58. The molecule has 0 amide bonds. The predicted octanol–water partition coefficient (Wildman–Crippen LogP) is 1.17. The molecule has 1 heterocycles. The Balaban J connectivity index is -0.0000000822. The number of hydrogen-bond donors (Lipinski definition) is 0. The van der Waals surface area contributed by atoms with Crippen molar-refractivity contribution in [2.75, 3.05) is 7.11 Å². The first-order chi connectivity index (χ1) is 10.7. The summed E-state index contributed by atoms with van der Waals surface area (Å²) in [6.45, 7) is 22.5. The van der Waals surface area contributed by atoms with E-state index in [9.17, 15) is 0 Å². The van der Waals surface area contributed by atoms with E-state index in [0.29, 0.717) is 0 Å². The third kappa shape index (κ3) is 23.2. The molecule has 0 spiro atoms. The van der Waals surface area contributed by atoms with Crippen LogP contribution in [0.2, 0.25) is 0 Å². The molecule has 114 valence electrons. The van der Waals surface area contributed by atoms with E-state index in [4.69, 9.17) is 28.0 Å². The summed E-state index contributed by atoms with van der Waals surface area (Å²) in [6.07, 6.45) is 5.90. The molecule has 0 saturated heterocycles. The van der Waals surface area contributed by atoms with E-state index in [-0.39, 0.29) is 0 Å². The van der Waals surface area contributed by atoms with Crippen LogP contribution < -0.4 is 0 Å². The molecule has 1 aromatic rings. The molecule has 0 fully saturated rings. The Hall–Kier alpha value is -1.92. The van der Waals surface area contributed by atoms with Gasteiger partial charge >= 0.3 is 137 Å². The molecule has 0 aliphatic carbocycles. The maximum absolute atomic E-state index is 7.50. The Morgan fingerprint density at radius 1 is 1.05 bits per heavy atom. The van der Waals surface area contributed by atoms with Gasteiger partial charge in [0.25, 0.3) is 0 Å². The number of aryl methyl sites for hydroxylation is 1. The van der Waals surface area contributed by atoms with Gasteiger partial charge in [-0.1, -0.05) is 0 Å². The van der Waals surface area contributed by atoms with Gasteiger partial charge in [-0.25, -0.2) is 0 Å². The van der Waals surface area contributed by atoms with E-state index in [2.05, 4.69) is 49.1 Å². The van der Waals surface area contributed by atoms with Crippen molar-refractivity contribution < 1.29 is 43.8 Å². The van der Waals surface area contributed by atoms with Crippen LogP contribution >= 0.6 is 0 Å². The monoisotopic (exact) mass is 341 g/mol. The van der Waals surface area contributed by atoms with Gasteiger partial charge in [0.1, 0.15) is 0 Å². The fraction of sp³-hybridized carbons (Fsp3) is 0.143. The Bertz CT molecular complexity index is 459. The van der Waals surface area contributed by atoms with E-state index >= 15 is 0 Å². The molecule has 0 aromatic carbocycles. The number of ether oxygens (including phenoxy) is 1. The van der Waals surface area contributed by atoms with Crippen molar-refractivity contribution in [1.82, 2.24) is 4.57 Å². The van der Waals surface area contributed by atoms with Crippen LogP contribution in [0, 0.1) is 33.3 Å². The molecule has 0 N–H and O–H groups in total. The van der Waals surface area contributed by atoms with Gasteiger partial charge in [0, 0.05) is 0 Å². The predicted molar refractivity (Wildman–Crippen MR) is 66.1 cm³/mol. The minimum absolute atomic E-state index is 0.788. The van der Waals surface area contributed by atoms with Crippen LogP contribution in [0.15, 0.2) is 24.4 Å². The molecule has 7 nitrogen and oxygen atoms in total. The van der Waals surface area contributed by atoms with Gasteiger partial charge in [-0.2, -0.15) is 0 Å². The second kappa shape index (κ2) is 36.5. The van der Waals surface area contributed by atoms with Gasteiger partial charge in [0.05, 0.1) is 0 Å². The van der Waals surface area contributed by atoms with Gasteiger partial charge < -0.3 is 0 Å². The average Bonchev–Trinajstić information content (AvgIpc) is 3.06. The maximum atomic E-state index is 7.50. The van der Waals surface area contributed by atoms with Crippen molar-refractivity contribution in [3.05, 3.63) is 63.4 Å². The van der Waals surface area contributed by atoms with Crippen LogP contribution in [-0.4, -0.2) is 16.2 Å². The SMILES string of the molecule is CO[C](=[Cr])/C=C/c1cccn1C.[C-]#[O+].[C-]#[O+].[C-]#[O+].[C-]#[O+].[C-]#[O+]. The van der Waals surface area contributed by atoms with E-state index in [1.807, 2.05) is 42.1 Å². The first-order valence-electron chi connectivity index (χ1n) is 4.63. The Kier molecular flexibility index (Phi) is 53.3. The zero-order valence-electron chi connectivity index (χ0n) is 11.7. The zero-order chi connectivity index (χ0) is 19.0. The van der Waals surface area contributed by atoms with Crippen LogP contribution in [0.1, 0.15) is 5.69 Å². The van der Waals surface area contributed by atoms with Crippen molar-refractivity contribution in [3.8, 4) is 0 Å². The van der Waals surface area contributed by atoms with E-state index in [0.717, 1.165) is 10.3 Å². The fourth-order valence-electron chi connectivity index (χ4n) is 0.869. The van der Waals surface area contributed by atoms with Crippen LogP contribution in [0.5, 0.6) is 0 Å². The number of aromatic nitrogens is 1. The minimum atomic E-state index is 0.788. The van der Waals surface area contributed by atoms with Crippen LogP contribution in [0.25, 0.3) is 6.08 Å².